The molecule has 4 unspecified atom stereocenters. The van der Waals surface area contributed by atoms with Gasteiger partial charge in [-0.05, 0) is 43.4 Å². The van der Waals surface area contributed by atoms with Crippen LogP contribution in [0.1, 0.15) is 50.1 Å². The Kier molecular flexibility index (Phi) is 5.68. The maximum absolute atomic E-state index is 13.2. The summed E-state index contributed by atoms with van der Waals surface area (Å²) in [7, 11) is 0. The first-order chi connectivity index (χ1) is 11.6. The van der Waals surface area contributed by atoms with E-state index in [0.717, 1.165) is 44.1 Å². The van der Waals surface area contributed by atoms with Gasteiger partial charge in [-0.3, -0.25) is 0 Å². The number of halogens is 1. The summed E-state index contributed by atoms with van der Waals surface area (Å²) >= 11 is 0. The van der Waals surface area contributed by atoms with Crippen LogP contribution in [0.15, 0.2) is 24.3 Å². The van der Waals surface area contributed by atoms with E-state index in [0.29, 0.717) is 6.61 Å². The van der Waals surface area contributed by atoms with Gasteiger partial charge in [-0.2, -0.15) is 0 Å². The number of aliphatic hydroxyl groups is 1. The van der Waals surface area contributed by atoms with Gasteiger partial charge in [-0.25, -0.2) is 9.18 Å². The number of hydrogen-bond acceptors (Lipinski definition) is 3. The third kappa shape index (κ3) is 4.24. The van der Waals surface area contributed by atoms with E-state index in [1.165, 1.54) is 12.1 Å². The van der Waals surface area contributed by atoms with Crippen LogP contribution in [-0.2, 0) is 4.74 Å². The van der Waals surface area contributed by atoms with Crippen LogP contribution in [0.25, 0.3) is 0 Å². The minimum Gasteiger partial charge on any atom is -0.391 e. The zero-order valence-electron chi connectivity index (χ0n) is 13.7. The molecule has 132 valence electrons. The van der Waals surface area contributed by atoms with E-state index in [9.17, 15) is 14.3 Å². The summed E-state index contributed by atoms with van der Waals surface area (Å²) in [6.07, 6.45) is 4.72. The van der Waals surface area contributed by atoms with Crippen LogP contribution < -0.4 is 10.6 Å². The Hall–Kier alpha value is -1.66. The molecule has 6 heteroatoms. The average Bonchev–Trinajstić information content (AvgIpc) is 3.10. The molecule has 3 N–H and O–H groups in total. The molecule has 1 saturated heterocycles. The van der Waals surface area contributed by atoms with E-state index in [-0.39, 0.29) is 30.0 Å². The van der Waals surface area contributed by atoms with Crippen molar-refractivity contribution in [2.45, 2.75) is 62.8 Å². The van der Waals surface area contributed by atoms with Crippen LogP contribution >= 0.6 is 0 Å². The van der Waals surface area contributed by atoms with Crippen LogP contribution in [0.5, 0.6) is 0 Å². The number of rotatable bonds is 4. The number of benzene rings is 1. The van der Waals surface area contributed by atoms with Crippen molar-refractivity contribution in [1.82, 2.24) is 10.6 Å². The van der Waals surface area contributed by atoms with Gasteiger partial charge in [0.2, 0.25) is 0 Å². The van der Waals surface area contributed by atoms with Gasteiger partial charge >= 0.3 is 6.03 Å². The molecular formula is C18H25FN2O3. The highest BCUT2D eigenvalue weighted by Gasteiger charge is 2.30. The van der Waals surface area contributed by atoms with Gasteiger partial charge in [-0.1, -0.05) is 25.0 Å². The molecule has 0 radical (unpaired) electrons. The second-order valence-corrected chi connectivity index (χ2v) is 6.66. The second-order valence-electron chi connectivity index (χ2n) is 6.66. The molecule has 0 bridgehead atoms. The molecular weight excluding hydrogens is 311 g/mol. The summed E-state index contributed by atoms with van der Waals surface area (Å²) in [5, 5.41) is 15.8. The lowest BCUT2D eigenvalue weighted by molar-refractivity contribution is 0.0765. The molecule has 2 amide bonds. The predicted molar refractivity (Wildman–Crippen MR) is 88.0 cm³/mol. The van der Waals surface area contributed by atoms with Gasteiger partial charge in [0.1, 0.15) is 5.82 Å². The molecule has 1 saturated carbocycles. The number of aliphatic hydroxyl groups excluding tert-OH is 1. The lowest BCUT2D eigenvalue weighted by atomic mass is 9.93. The molecule has 24 heavy (non-hydrogen) atoms. The van der Waals surface area contributed by atoms with E-state index in [1.54, 1.807) is 12.1 Å². The van der Waals surface area contributed by atoms with Gasteiger partial charge in [-0.15, -0.1) is 0 Å². The molecule has 3 rings (SSSR count). The predicted octanol–water partition coefficient (Wildman–Crippen LogP) is 2.65. The Morgan fingerprint density at radius 3 is 2.58 bits per heavy atom. The lowest BCUT2D eigenvalue weighted by Crippen LogP contribution is -2.50. The molecule has 1 aromatic carbocycles. The van der Waals surface area contributed by atoms with Gasteiger partial charge in [0.25, 0.3) is 0 Å². The largest absolute Gasteiger partial charge is 0.391 e. The van der Waals surface area contributed by atoms with E-state index >= 15 is 0 Å². The Balaban J connectivity index is 1.66. The molecule has 1 heterocycles. The molecule has 1 aromatic rings. The molecule has 0 aromatic heterocycles. The Morgan fingerprint density at radius 1 is 1.17 bits per heavy atom. The molecule has 0 spiro atoms. The third-order valence-electron chi connectivity index (χ3n) is 4.90. The highest BCUT2D eigenvalue weighted by molar-refractivity contribution is 5.75. The maximum atomic E-state index is 13.2. The number of nitrogens with one attached hydrogen (secondary N) is 2. The lowest BCUT2D eigenvalue weighted by Gasteiger charge is -2.30. The Labute approximate surface area is 141 Å². The summed E-state index contributed by atoms with van der Waals surface area (Å²) < 4.78 is 18.9. The van der Waals surface area contributed by atoms with Gasteiger partial charge in [0, 0.05) is 6.61 Å². The molecule has 2 aliphatic rings. The zero-order chi connectivity index (χ0) is 16.9. The van der Waals surface area contributed by atoms with Crippen molar-refractivity contribution >= 4 is 6.03 Å². The number of amides is 2. The van der Waals surface area contributed by atoms with E-state index in [2.05, 4.69) is 10.6 Å². The van der Waals surface area contributed by atoms with Crippen LogP contribution in [-0.4, -0.2) is 36.0 Å². The smallest absolute Gasteiger partial charge is 0.315 e. The van der Waals surface area contributed by atoms with Crippen molar-refractivity contribution in [3.05, 3.63) is 35.6 Å². The normalized spacial score (nSPS) is 28.3. The van der Waals surface area contributed by atoms with Crippen LogP contribution in [0.4, 0.5) is 9.18 Å². The third-order valence-corrected chi connectivity index (χ3v) is 4.90. The number of hydrogen-bond donors (Lipinski definition) is 3. The highest BCUT2D eigenvalue weighted by atomic mass is 19.1. The standard InChI is InChI=1S/C18H25FN2O3/c19-13-9-7-12(8-10-13)17(16-6-3-11-24-16)21-18(23)20-14-4-1-2-5-15(14)22/h7-10,14-17,22H,1-6,11H2,(H2,20,21,23). The summed E-state index contributed by atoms with van der Waals surface area (Å²) in [6, 6.07) is 5.29. The van der Waals surface area contributed by atoms with Crippen molar-refractivity contribution in [1.29, 1.82) is 0 Å². The quantitative estimate of drug-likeness (QED) is 0.792. The van der Waals surface area contributed by atoms with Crippen molar-refractivity contribution in [3.63, 3.8) is 0 Å². The minimum atomic E-state index is -0.489. The SMILES string of the molecule is O=C(NC1CCCCC1O)NC(c1ccc(F)cc1)C1CCCO1. The van der Waals surface area contributed by atoms with Crippen molar-refractivity contribution in [2.24, 2.45) is 0 Å². The monoisotopic (exact) mass is 336 g/mol. The van der Waals surface area contributed by atoms with Gasteiger partial charge < -0.3 is 20.5 Å². The first-order valence-corrected chi connectivity index (χ1v) is 8.75. The molecule has 4 atom stereocenters. The number of ether oxygens (including phenoxy) is 1. The van der Waals surface area contributed by atoms with Crippen molar-refractivity contribution in [2.75, 3.05) is 6.61 Å². The summed E-state index contributed by atoms with van der Waals surface area (Å²) in [4.78, 5) is 12.4. The Morgan fingerprint density at radius 2 is 1.92 bits per heavy atom. The second kappa shape index (κ2) is 7.94. The topological polar surface area (TPSA) is 70.6 Å². The van der Waals surface area contributed by atoms with E-state index in [1.807, 2.05) is 0 Å². The minimum absolute atomic E-state index is 0.113. The molecule has 5 nitrogen and oxygen atoms in total. The number of carbonyl (C=O) groups excluding carboxylic acids is 1. The van der Waals surface area contributed by atoms with Crippen molar-refractivity contribution in [3.8, 4) is 0 Å². The summed E-state index contributed by atoms with van der Waals surface area (Å²) in [6.45, 7) is 0.674. The fourth-order valence-corrected chi connectivity index (χ4v) is 3.56. The summed E-state index contributed by atoms with van der Waals surface area (Å²) in [5.74, 6) is -0.306. The summed E-state index contributed by atoms with van der Waals surface area (Å²) in [5.41, 5.74) is 0.822. The fourth-order valence-electron chi connectivity index (χ4n) is 3.56. The number of urea groups is 1. The molecule has 2 fully saturated rings. The molecule has 1 aliphatic carbocycles. The van der Waals surface area contributed by atoms with E-state index in [4.69, 9.17) is 4.74 Å². The fraction of sp³-hybridized carbons (Fsp3) is 0.611. The van der Waals surface area contributed by atoms with Crippen LogP contribution in [0, 0.1) is 5.82 Å². The number of carbonyl (C=O) groups is 1. The molecule has 1 aliphatic heterocycles. The maximum Gasteiger partial charge on any atom is 0.315 e. The van der Waals surface area contributed by atoms with Gasteiger partial charge in [0.15, 0.2) is 0 Å². The first kappa shape index (κ1) is 17.2. The Bertz CT molecular complexity index is 546. The van der Waals surface area contributed by atoms with Crippen molar-refractivity contribution < 1.29 is 19.0 Å². The van der Waals surface area contributed by atoms with Crippen LogP contribution in [0.2, 0.25) is 0 Å². The zero-order valence-corrected chi connectivity index (χ0v) is 13.7. The van der Waals surface area contributed by atoms with Gasteiger partial charge in [0.05, 0.1) is 24.3 Å². The average molecular weight is 336 g/mol. The first-order valence-electron chi connectivity index (χ1n) is 8.75. The highest BCUT2D eigenvalue weighted by Crippen LogP contribution is 2.27. The van der Waals surface area contributed by atoms with E-state index < -0.39 is 6.10 Å². The van der Waals surface area contributed by atoms with Crippen LogP contribution in [0.3, 0.4) is 0 Å².